The van der Waals surface area contributed by atoms with Crippen molar-refractivity contribution < 1.29 is 14.2 Å². The summed E-state index contributed by atoms with van der Waals surface area (Å²) in [5.41, 5.74) is 6.68. The molecule has 0 bridgehead atoms. The zero-order chi connectivity index (χ0) is 22.1. The molecule has 158 valence electrons. The fourth-order valence-corrected chi connectivity index (χ4v) is 4.21. The number of anilines is 1. The number of aryl methyl sites for hydroxylation is 1. The lowest BCUT2D eigenvalue weighted by atomic mass is 10.1. The van der Waals surface area contributed by atoms with Crippen molar-refractivity contribution in [3.63, 3.8) is 0 Å². The number of rotatable bonds is 5. The van der Waals surface area contributed by atoms with E-state index in [0.29, 0.717) is 13.0 Å². The van der Waals surface area contributed by atoms with Gasteiger partial charge in [-0.05, 0) is 42.2 Å². The zero-order valence-electron chi connectivity index (χ0n) is 17.9. The van der Waals surface area contributed by atoms with Crippen LogP contribution >= 0.6 is 0 Å². The van der Waals surface area contributed by atoms with Crippen LogP contribution in [0.1, 0.15) is 27.0 Å². The van der Waals surface area contributed by atoms with Crippen molar-refractivity contribution >= 4 is 29.4 Å². The van der Waals surface area contributed by atoms with Crippen molar-refractivity contribution in [1.29, 1.82) is 0 Å². The standard InChI is InChI=1S/C27H23N3O2/c1-19-7-5-6-10-24(19)27(32)30-14-13-21-16-23(11-12-25(21)30)29-17-22(18-29)28-26(31)15-20-8-3-2-4-9-20/h2-12,16-18H,13-15H2,1H3/p+1. The first-order valence-electron chi connectivity index (χ1n) is 10.8. The third-order valence-corrected chi connectivity index (χ3v) is 5.92. The van der Waals surface area contributed by atoms with E-state index in [1.165, 1.54) is 0 Å². The van der Waals surface area contributed by atoms with Crippen LogP contribution in [0.5, 0.6) is 0 Å². The SMILES string of the molecule is Cc1ccccc1C(=O)N1CCc2cc([N+]3=CC(NC(=O)Cc4ccccc4)=C3)ccc21. The lowest BCUT2D eigenvalue weighted by Crippen LogP contribution is -2.31. The molecule has 0 atom stereocenters. The number of allylic oxidation sites excluding steroid dienone is 1. The average molecular weight is 423 g/mol. The van der Waals surface area contributed by atoms with Gasteiger partial charge in [0.05, 0.1) is 6.42 Å². The van der Waals surface area contributed by atoms with Gasteiger partial charge in [0.1, 0.15) is 0 Å². The molecule has 5 nitrogen and oxygen atoms in total. The first-order valence-corrected chi connectivity index (χ1v) is 10.8. The number of nitrogens with zero attached hydrogens (tertiary/aromatic N) is 2. The van der Waals surface area contributed by atoms with Crippen molar-refractivity contribution in [3.05, 3.63) is 107 Å². The third kappa shape index (κ3) is 3.85. The highest BCUT2D eigenvalue weighted by molar-refractivity contribution is 6.08. The van der Waals surface area contributed by atoms with Crippen LogP contribution in [-0.2, 0) is 17.6 Å². The number of hydrogen-bond acceptors (Lipinski definition) is 2. The van der Waals surface area contributed by atoms with Crippen molar-refractivity contribution in [1.82, 2.24) is 5.32 Å². The number of fused-ring (bicyclic) bond motifs is 1. The summed E-state index contributed by atoms with van der Waals surface area (Å²) in [5.74, 6) is 0.0195. The van der Waals surface area contributed by atoms with Gasteiger partial charge in [0.15, 0.2) is 5.70 Å². The Morgan fingerprint density at radius 1 is 1.00 bits per heavy atom. The van der Waals surface area contributed by atoms with E-state index >= 15 is 0 Å². The van der Waals surface area contributed by atoms with Crippen molar-refractivity contribution in [2.24, 2.45) is 0 Å². The van der Waals surface area contributed by atoms with Gasteiger partial charge in [-0.2, -0.15) is 4.58 Å². The van der Waals surface area contributed by atoms with Gasteiger partial charge in [0.2, 0.25) is 24.0 Å². The Labute approximate surface area is 187 Å². The normalized spacial score (nSPS) is 14.2. The van der Waals surface area contributed by atoms with E-state index in [2.05, 4.69) is 11.4 Å². The second-order valence-corrected chi connectivity index (χ2v) is 8.17. The second-order valence-electron chi connectivity index (χ2n) is 8.17. The van der Waals surface area contributed by atoms with E-state index in [1.54, 1.807) is 0 Å². The van der Waals surface area contributed by atoms with Gasteiger partial charge in [0, 0.05) is 29.9 Å². The lowest BCUT2D eigenvalue weighted by molar-refractivity contribution is -0.368. The van der Waals surface area contributed by atoms with Crippen LogP contribution in [-0.4, -0.2) is 29.1 Å². The number of benzene rings is 3. The van der Waals surface area contributed by atoms with E-state index in [9.17, 15) is 9.59 Å². The first kappa shape index (κ1) is 19.9. The lowest BCUT2D eigenvalue weighted by Gasteiger charge is -2.18. The molecule has 1 N–H and O–H groups in total. The number of carbonyl (C=O) groups excluding carboxylic acids is 2. The predicted molar refractivity (Wildman–Crippen MR) is 125 cm³/mol. The molecule has 5 heteroatoms. The van der Waals surface area contributed by atoms with Crippen LogP contribution < -0.4 is 10.2 Å². The Kier molecular flexibility index (Phi) is 5.15. The van der Waals surface area contributed by atoms with Crippen molar-refractivity contribution in [3.8, 4) is 0 Å². The molecule has 0 saturated heterocycles. The summed E-state index contributed by atoms with van der Waals surface area (Å²) in [4.78, 5) is 27.1. The minimum absolute atomic E-state index is 0.0299. The third-order valence-electron chi connectivity index (χ3n) is 5.92. The Morgan fingerprint density at radius 3 is 2.53 bits per heavy atom. The van der Waals surface area contributed by atoms with Crippen molar-refractivity contribution in [2.45, 2.75) is 19.8 Å². The highest BCUT2D eigenvalue weighted by atomic mass is 16.2. The number of hydrogen-bond donors (Lipinski definition) is 1. The molecule has 2 aliphatic rings. The molecule has 2 heterocycles. The highest BCUT2D eigenvalue weighted by Gasteiger charge is 2.29. The molecule has 0 aromatic heterocycles. The molecule has 2 aliphatic heterocycles. The van der Waals surface area contributed by atoms with E-state index in [1.807, 2.05) is 95.5 Å². The van der Waals surface area contributed by atoms with Gasteiger partial charge in [-0.1, -0.05) is 48.5 Å². The number of carbonyl (C=O) groups is 2. The number of nitrogens with one attached hydrogen (secondary N) is 1. The Bertz CT molecular complexity index is 1280. The van der Waals surface area contributed by atoms with E-state index in [0.717, 1.165) is 45.7 Å². The summed E-state index contributed by atoms with van der Waals surface area (Å²) in [6.45, 7) is 2.65. The minimum atomic E-state index is -0.0299. The minimum Gasteiger partial charge on any atom is -0.316 e. The van der Waals surface area contributed by atoms with Gasteiger partial charge in [-0.25, -0.2) is 0 Å². The summed E-state index contributed by atoms with van der Waals surface area (Å²) in [6.07, 6.45) is 5.01. The summed E-state index contributed by atoms with van der Waals surface area (Å²) >= 11 is 0. The molecule has 0 aliphatic carbocycles. The molecule has 0 unspecified atom stereocenters. The molecule has 32 heavy (non-hydrogen) atoms. The van der Waals surface area contributed by atoms with Crippen LogP contribution in [0.4, 0.5) is 11.4 Å². The molecular weight excluding hydrogens is 398 g/mol. The van der Waals surface area contributed by atoms with Crippen molar-refractivity contribution in [2.75, 3.05) is 11.4 Å². The maximum Gasteiger partial charge on any atom is 0.258 e. The zero-order valence-corrected chi connectivity index (χ0v) is 17.9. The monoisotopic (exact) mass is 422 g/mol. The number of amides is 2. The molecule has 2 amide bonds. The van der Waals surface area contributed by atoms with Gasteiger partial charge < -0.3 is 10.2 Å². The largest absolute Gasteiger partial charge is 0.316 e. The maximum atomic E-state index is 13.1. The quantitative estimate of drug-likeness (QED) is 0.629. The Hall–Kier alpha value is -3.99. The van der Waals surface area contributed by atoms with Crippen LogP contribution in [0.25, 0.3) is 0 Å². The molecule has 0 radical (unpaired) electrons. The van der Waals surface area contributed by atoms with Crippen LogP contribution in [0, 0.1) is 6.92 Å². The van der Waals surface area contributed by atoms with Crippen LogP contribution in [0.15, 0.2) is 84.7 Å². The van der Waals surface area contributed by atoms with Crippen LogP contribution in [0.3, 0.4) is 0 Å². The van der Waals surface area contributed by atoms with Crippen LogP contribution in [0.2, 0.25) is 0 Å². The smallest absolute Gasteiger partial charge is 0.258 e. The Balaban J connectivity index is 1.24. The average Bonchev–Trinajstić information content (AvgIpc) is 3.20. The molecule has 0 spiro atoms. The summed E-state index contributed by atoms with van der Waals surface area (Å²) in [6, 6.07) is 23.6. The molecular formula is C27H24N3O2+. The molecule has 0 saturated carbocycles. The molecule has 5 rings (SSSR count). The van der Waals surface area contributed by atoms with E-state index in [-0.39, 0.29) is 11.8 Å². The molecule has 3 aromatic rings. The fraction of sp³-hybridized carbons (Fsp3) is 0.148. The van der Waals surface area contributed by atoms with Gasteiger partial charge in [-0.15, -0.1) is 0 Å². The molecule has 0 fully saturated rings. The van der Waals surface area contributed by atoms with Gasteiger partial charge in [0.25, 0.3) is 5.91 Å². The molecule has 3 aromatic carbocycles. The Morgan fingerprint density at radius 2 is 1.75 bits per heavy atom. The van der Waals surface area contributed by atoms with Gasteiger partial charge >= 0.3 is 0 Å². The first-order chi connectivity index (χ1) is 15.6. The summed E-state index contributed by atoms with van der Waals surface area (Å²) < 4.78 is 1.99. The fourth-order valence-electron chi connectivity index (χ4n) is 4.21. The van der Waals surface area contributed by atoms with E-state index in [4.69, 9.17) is 0 Å². The van der Waals surface area contributed by atoms with Gasteiger partial charge in [-0.3, -0.25) is 9.59 Å². The topological polar surface area (TPSA) is 52.4 Å². The predicted octanol–water partition coefficient (Wildman–Crippen LogP) is 4.13. The summed E-state index contributed by atoms with van der Waals surface area (Å²) in [5, 5.41) is 2.93. The summed E-state index contributed by atoms with van der Waals surface area (Å²) in [7, 11) is 0. The van der Waals surface area contributed by atoms with E-state index < -0.39 is 0 Å². The second kappa shape index (κ2) is 8.27. The highest BCUT2D eigenvalue weighted by Crippen LogP contribution is 2.33. The maximum absolute atomic E-state index is 13.1.